The lowest BCUT2D eigenvalue weighted by molar-refractivity contribution is -0.133. The van der Waals surface area contributed by atoms with Gasteiger partial charge in [0.25, 0.3) is 5.56 Å². The van der Waals surface area contributed by atoms with Crippen molar-refractivity contribution in [3.63, 3.8) is 0 Å². The summed E-state index contributed by atoms with van der Waals surface area (Å²) in [5, 5.41) is 4.18. The molecule has 1 N–H and O–H groups in total. The summed E-state index contributed by atoms with van der Waals surface area (Å²) < 4.78 is 7.02. The van der Waals surface area contributed by atoms with Crippen LogP contribution in [0.1, 0.15) is 19.8 Å². The summed E-state index contributed by atoms with van der Waals surface area (Å²) in [6.45, 7) is 5.55. The molecule has 0 aliphatic carbocycles. The molecule has 1 fully saturated rings. The second-order valence-corrected chi connectivity index (χ2v) is 7.09. The minimum absolute atomic E-state index is 0.00328. The Bertz CT molecular complexity index is 1010. The molecule has 7 nitrogen and oxygen atoms in total. The van der Waals surface area contributed by atoms with Crippen molar-refractivity contribution in [2.24, 2.45) is 5.92 Å². The highest BCUT2D eigenvalue weighted by molar-refractivity contribution is 6.01. The number of rotatable bonds is 5. The number of aromatic nitrogens is 2. The number of hydrogen-bond donors (Lipinski definition) is 1. The molecule has 3 heterocycles. The number of para-hydroxylation sites is 1. The highest BCUT2D eigenvalue weighted by Crippen LogP contribution is 2.24. The summed E-state index contributed by atoms with van der Waals surface area (Å²) in [5.74, 6) is 0.571. The van der Waals surface area contributed by atoms with Crippen LogP contribution in [0.25, 0.3) is 22.1 Å². The Kier molecular flexibility index (Phi) is 4.94. The average Bonchev–Trinajstić information content (AvgIpc) is 3.08. The number of carbonyl (C=O) groups excluding carboxylic acids is 1. The first-order valence-corrected chi connectivity index (χ1v) is 9.52. The molecule has 0 unspecified atom stereocenters. The average molecular weight is 368 g/mol. The van der Waals surface area contributed by atoms with E-state index < -0.39 is 0 Å². The second kappa shape index (κ2) is 7.52. The molecular weight excluding hydrogens is 344 g/mol. The number of amides is 1. The fourth-order valence-corrected chi connectivity index (χ4v) is 3.71. The third kappa shape index (κ3) is 3.47. The van der Waals surface area contributed by atoms with Gasteiger partial charge < -0.3 is 14.6 Å². The molecule has 1 saturated heterocycles. The highest BCUT2D eigenvalue weighted by atomic mass is 16.3. The fourth-order valence-electron chi connectivity index (χ4n) is 3.71. The molecular formula is C20H24N4O3. The molecule has 7 heteroatoms. The van der Waals surface area contributed by atoms with Crippen LogP contribution in [0.4, 0.5) is 0 Å². The summed E-state index contributed by atoms with van der Waals surface area (Å²) in [6, 6.07) is 7.42. The van der Waals surface area contributed by atoms with E-state index in [9.17, 15) is 9.59 Å². The third-order valence-electron chi connectivity index (χ3n) is 5.31. The number of hydrogen-bond acceptors (Lipinski definition) is 5. The minimum Gasteiger partial charge on any atom is -0.448 e. The van der Waals surface area contributed by atoms with E-state index in [2.05, 4.69) is 17.2 Å². The van der Waals surface area contributed by atoms with Gasteiger partial charge in [0, 0.05) is 18.5 Å². The van der Waals surface area contributed by atoms with Crippen LogP contribution in [-0.4, -0.2) is 46.5 Å². The first kappa shape index (κ1) is 17.7. The van der Waals surface area contributed by atoms with E-state index in [4.69, 9.17) is 4.42 Å². The number of fused-ring (bicyclic) bond motifs is 3. The molecule has 1 amide bonds. The summed E-state index contributed by atoms with van der Waals surface area (Å²) in [4.78, 5) is 31.6. The van der Waals surface area contributed by atoms with E-state index in [1.165, 1.54) is 10.9 Å². The van der Waals surface area contributed by atoms with E-state index in [1.54, 1.807) is 0 Å². The second-order valence-electron chi connectivity index (χ2n) is 7.09. The molecule has 0 bridgehead atoms. The maximum absolute atomic E-state index is 12.7. The lowest BCUT2D eigenvalue weighted by atomic mass is 9.97. The first-order valence-electron chi connectivity index (χ1n) is 9.52. The summed E-state index contributed by atoms with van der Waals surface area (Å²) in [6.07, 6.45) is 3.44. The van der Waals surface area contributed by atoms with Crippen molar-refractivity contribution in [2.45, 2.75) is 26.3 Å². The van der Waals surface area contributed by atoms with Crippen LogP contribution in [0.2, 0.25) is 0 Å². The lowest BCUT2D eigenvalue weighted by Crippen LogP contribution is -2.43. The third-order valence-corrected chi connectivity index (χ3v) is 5.31. The number of benzene rings is 1. The zero-order valence-corrected chi connectivity index (χ0v) is 15.5. The Morgan fingerprint density at radius 2 is 2.07 bits per heavy atom. The Morgan fingerprint density at radius 3 is 2.85 bits per heavy atom. The maximum Gasteiger partial charge on any atom is 0.297 e. The van der Waals surface area contributed by atoms with Gasteiger partial charge in [-0.1, -0.05) is 19.1 Å². The van der Waals surface area contributed by atoms with Crippen LogP contribution >= 0.6 is 0 Å². The van der Waals surface area contributed by atoms with Crippen LogP contribution in [-0.2, 0) is 11.3 Å². The molecule has 1 aromatic carbocycles. The van der Waals surface area contributed by atoms with Gasteiger partial charge in [-0.25, -0.2) is 4.98 Å². The van der Waals surface area contributed by atoms with Crippen LogP contribution in [0.5, 0.6) is 0 Å². The largest absolute Gasteiger partial charge is 0.448 e. The van der Waals surface area contributed by atoms with Gasteiger partial charge in [0.15, 0.2) is 0 Å². The summed E-state index contributed by atoms with van der Waals surface area (Å²) >= 11 is 0. The standard InChI is InChI=1S/C20H24N4O3/c1-2-21-11-14-7-9-23(10-8-14)17(25)12-24-13-22-18-15-5-3-4-6-16(15)27-19(18)20(24)26/h3-6,13-14,21H,2,7-12H2,1H3. The summed E-state index contributed by atoms with van der Waals surface area (Å²) in [7, 11) is 0. The Morgan fingerprint density at radius 1 is 1.30 bits per heavy atom. The first-order chi connectivity index (χ1) is 13.2. The van der Waals surface area contributed by atoms with Crippen molar-refractivity contribution in [1.82, 2.24) is 19.8 Å². The van der Waals surface area contributed by atoms with Crippen molar-refractivity contribution < 1.29 is 9.21 Å². The van der Waals surface area contributed by atoms with Crippen molar-refractivity contribution in [3.8, 4) is 0 Å². The molecule has 1 aliphatic heterocycles. The highest BCUT2D eigenvalue weighted by Gasteiger charge is 2.23. The molecule has 27 heavy (non-hydrogen) atoms. The van der Waals surface area contributed by atoms with Gasteiger partial charge in [-0.15, -0.1) is 0 Å². The van der Waals surface area contributed by atoms with E-state index in [-0.39, 0.29) is 23.6 Å². The Balaban J connectivity index is 1.49. The zero-order valence-electron chi connectivity index (χ0n) is 15.5. The number of nitrogens with one attached hydrogen (secondary N) is 1. The van der Waals surface area contributed by atoms with Crippen molar-refractivity contribution in [3.05, 3.63) is 40.9 Å². The zero-order chi connectivity index (χ0) is 18.8. The molecule has 0 radical (unpaired) electrons. The molecule has 2 aromatic heterocycles. The predicted octanol–water partition coefficient (Wildman–Crippen LogP) is 1.99. The Labute approximate surface area is 157 Å². The van der Waals surface area contributed by atoms with Gasteiger partial charge in [-0.3, -0.25) is 14.2 Å². The van der Waals surface area contributed by atoms with Gasteiger partial charge in [-0.05, 0) is 44.0 Å². The SMILES string of the molecule is CCNCC1CCN(C(=O)Cn2cnc3c(oc4ccccc43)c2=O)CC1. The molecule has 0 spiro atoms. The van der Waals surface area contributed by atoms with Crippen molar-refractivity contribution >= 4 is 28.0 Å². The molecule has 4 rings (SSSR count). The monoisotopic (exact) mass is 368 g/mol. The van der Waals surface area contributed by atoms with Gasteiger partial charge >= 0.3 is 0 Å². The maximum atomic E-state index is 12.7. The molecule has 3 aromatic rings. The Hall–Kier alpha value is -2.67. The van der Waals surface area contributed by atoms with E-state index in [0.29, 0.717) is 17.0 Å². The van der Waals surface area contributed by atoms with Crippen molar-refractivity contribution in [1.29, 1.82) is 0 Å². The van der Waals surface area contributed by atoms with E-state index >= 15 is 0 Å². The normalized spacial score (nSPS) is 15.7. The molecule has 142 valence electrons. The minimum atomic E-state index is -0.313. The lowest BCUT2D eigenvalue weighted by Gasteiger charge is -2.32. The van der Waals surface area contributed by atoms with Crippen molar-refractivity contribution in [2.75, 3.05) is 26.2 Å². The molecule has 1 aliphatic rings. The fraction of sp³-hybridized carbons (Fsp3) is 0.450. The quantitative estimate of drug-likeness (QED) is 0.745. The number of piperidine rings is 1. The van der Waals surface area contributed by atoms with E-state index in [0.717, 1.165) is 44.4 Å². The van der Waals surface area contributed by atoms with Crippen LogP contribution < -0.4 is 10.9 Å². The van der Waals surface area contributed by atoms with Gasteiger partial charge in [0.1, 0.15) is 17.6 Å². The predicted molar refractivity (Wildman–Crippen MR) is 104 cm³/mol. The number of furan rings is 1. The van der Waals surface area contributed by atoms with Crippen LogP contribution in [0.15, 0.2) is 39.8 Å². The van der Waals surface area contributed by atoms with Gasteiger partial charge in [-0.2, -0.15) is 0 Å². The number of likely N-dealkylation sites (tertiary alicyclic amines) is 1. The van der Waals surface area contributed by atoms with Crippen LogP contribution in [0.3, 0.4) is 0 Å². The number of nitrogens with zero attached hydrogens (tertiary/aromatic N) is 3. The smallest absolute Gasteiger partial charge is 0.297 e. The van der Waals surface area contributed by atoms with Gasteiger partial charge in [0.2, 0.25) is 11.5 Å². The summed E-state index contributed by atoms with van der Waals surface area (Å²) in [5.41, 5.74) is 1.06. The number of carbonyl (C=O) groups is 1. The topological polar surface area (TPSA) is 80.4 Å². The molecule has 0 atom stereocenters. The molecule has 0 saturated carbocycles. The van der Waals surface area contributed by atoms with Gasteiger partial charge in [0.05, 0.1) is 6.33 Å². The van der Waals surface area contributed by atoms with E-state index in [1.807, 2.05) is 29.2 Å². The van der Waals surface area contributed by atoms with Crippen LogP contribution in [0, 0.1) is 5.92 Å².